The number of carbonyl (C=O) groups excluding carboxylic acids is 1. The van der Waals surface area contributed by atoms with Crippen LogP contribution in [0, 0.1) is 5.92 Å². The molecule has 11 heavy (non-hydrogen) atoms. The summed E-state index contributed by atoms with van der Waals surface area (Å²) < 4.78 is 0. The highest BCUT2D eigenvalue weighted by Gasteiger charge is 2.12. The average molecular weight is 159 g/mol. The SMILES string of the molecule is CCC(C)C(CO)NCC=O. The summed E-state index contributed by atoms with van der Waals surface area (Å²) in [6, 6.07) is 0.0604. The zero-order valence-electron chi connectivity index (χ0n) is 7.21. The molecule has 2 unspecified atom stereocenters. The lowest BCUT2D eigenvalue weighted by molar-refractivity contribution is -0.107. The Morgan fingerprint density at radius 3 is 2.64 bits per heavy atom. The van der Waals surface area contributed by atoms with E-state index in [1.54, 1.807) is 0 Å². The first kappa shape index (κ1) is 10.6. The van der Waals surface area contributed by atoms with Crippen LogP contribution in [-0.4, -0.2) is 30.6 Å². The second kappa shape index (κ2) is 6.31. The highest BCUT2D eigenvalue weighted by molar-refractivity contribution is 5.51. The van der Waals surface area contributed by atoms with E-state index in [-0.39, 0.29) is 12.6 Å². The number of nitrogens with one attached hydrogen (secondary N) is 1. The Balaban J connectivity index is 3.64. The lowest BCUT2D eigenvalue weighted by atomic mass is 10.0. The predicted molar refractivity (Wildman–Crippen MR) is 44.4 cm³/mol. The molecule has 0 saturated carbocycles. The summed E-state index contributed by atoms with van der Waals surface area (Å²) in [4.78, 5) is 9.99. The molecule has 66 valence electrons. The maximum Gasteiger partial charge on any atom is 0.133 e. The lowest BCUT2D eigenvalue weighted by Crippen LogP contribution is -2.38. The van der Waals surface area contributed by atoms with Gasteiger partial charge in [-0.3, -0.25) is 0 Å². The molecule has 0 radical (unpaired) electrons. The molecule has 2 N–H and O–H groups in total. The minimum atomic E-state index is 0.0604. The van der Waals surface area contributed by atoms with Crippen molar-refractivity contribution in [2.24, 2.45) is 5.92 Å². The van der Waals surface area contributed by atoms with Crippen LogP contribution in [0.2, 0.25) is 0 Å². The third-order valence-electron chi connectivity index (χ3n) is 1.99. The summed E-state index contributed by atoms with van der Waals surface area (Å²) in [5.41, 5.74) is 0. The van der Waals surface area contributed by atoms with E-state index < -0.39 is 0 Å². The molecule has 0 heterocycles. The molecule has 2 atom stereocenters. The average Bonchev–Trinajstić information content (AvgIpc) is 2.05. The largest absolute Gasteiger partial charge is 0.395 e. The zero-order valence-corrected chi connectivity index (χ0v) is 7.21. The van der Waals surface area contributed by atoms with Crippen LogP contribution in [0.3, 0.4) is 0 Å². The summed E-state index contributed by atoms with van der Waals surface area (Å²) in [6.07, 6.45) is 1.82. The second-order valence-corrected chi connectivity index (χ2v) is 2.75. The van der Waals surface area contributed by atoms with Gasteiger partial charge in [-0.1, -0.05) is 20.3 Å². The fourth-order valence-corrected chi connectivity index (χ4v) is 0.930. The highest BCUT2D eigenvalue weighted by atomic mass is 16.3. The predicted octanol–water partition coefficient (Wildman–Crippen LogP) is 0.182. The molecule has 0 saturated heterocycles. The molecule has 0 aromatic heterocycles. The maximum atomic E-state index is 9.99. The van der Waals surface area contributed by atoms with Crippen molar-refractivity contribution in [3.63, 3.8) is 0 Å². The van der Waals surface area contributed by atoms with Crippen molar-refractivity contribution in [3.8, 4) is 0 Å². The summed E-state index contributed by atoms with van der Waals surface area (Å²) in [5.74, 6) is 0.417. The molecule has 0 amide bonds. The van der Waals surface area contributed by atoms with E-state index >= 15 is 0 Å². The first-order valence-electron chi connectivity index (χ1n) is 4.04. The van der Waals surface area contributed by atoms with Crippen molar-refractivity contribution < 1.29 is 9.90 Å². The van der Waals surface area contributed by atoms with Gasteiger partial charge in [0, 0.05) is 6.04 Å². The van der Waals surface area contributed by atoms with Gasteiger partial charge in [-0.2, -0.15) is 0 Å². The first-order chi connectivity index (χ1) is 5.26. The number of hydrogen-bond acceptors (Lipinski definition) is 3. The van der Waals surface area contributed by atoms with E-state index in [1.807, 2.05) is 0 Å². The lowest BCUT2D eigenvalue weighted by Gasteiger charge is -2.20. The normalized spacial score (nSPS) is 15.9. The van der Waals surface area contributed by atoms with Crippen molar-refractivity contribution in [2.75, 3.05) is 13.2 Å². The fraction of sp³-hybridized carbons (Fsp3) is 0.875. The smallest absolute Gasteiger partial charge is 0.133 e. The maximum absolute atomic E-state index is 9.99. The van der Waals surface area contributed by atoms with E-state index in [9.17, 15) is 4.79 Å². The van der Waals surface area contributed by atoms with Crippen LogP contribution in [0.25, 0.3) is 0 Å². The number of hydrogen-bond donors (Lipinski definition) is 2. The summed E-state index contributed by atoms with van der Waals surface area (Å²) >= 11 is 0. The van der Waals surface area contributed by atoms with Crippen molar-refractivity contribution >= 4 is 6.29 Å². The molecular weight excluding hydrogens is 142 g/mol. The quantitative estimate of drug-likeness (QED) is 0.544. The molecule has 3 nitrogen and oxygen atoms in total. The van der Waals surface area contributed by atoms with Crippen LogP contribution in [0.4, 0.5) is 0 Å². The monoisotopic (exact) mass is 159 g/mol. The molecule has 0 aromatic carbocycles. The van der Waals surface area contributed by atoms with Crippen molar-refractivity contribution in [1.82, 2.24) is 5.32 Å². The molecule has 0 aromatic rings. The zero-order chi connectivity index (χ0) is 8.69. The van der Waals surface area contributed by atoms with Crippen LogP contribution >= 0.6 is 0 Å². The van der Waals surface area contributed by atoms with Crippen LogP contribution in [0.1, 0.15) is 20.3 Å². The number of aldehydes is 1. The van der Waals surface area contributed by atoms with Crippen molar-refractivity contribution in [3.05, 3.63) is 0 Å². The van der Waals surface area contributed by atoms with Gasteiger partial charge >= 0.3 is 0 Å². The minimum absolute atomic E-state index is 0.0604. The molecule has 0 aliphatic rings. The molecule has 0 rings (SSSR count). The number of aliphatic hydroxyl groups is 1. The van der Waals surface area contributed by atoms with Crippen molar-refractivity contribution in [1.29, 1.82) is 0 Å². The van der Waals surface area contributed by atoms with E-state index in [4.69, 9.17) is 5.11 Å². The van der Waals surface area contributed by atoms with Gasteiger partial charge in [0.25, 0.3) is 0 Å². The van der Waals surface area contributed by atoms with E-state index in [1.165, 1.54) is 0 Å². The summed E-state index contributed by atoms with van der Waals surface area (Å²) in [5, 5.41) is 11.8. The molecule has 0 aliphatic heterocycles. The standard InChI is InChI=1S/C8H17NO2/c1-3-7(2)8(6-11)9-4-5-10/h5,7-9,11H,3-4,6H2,1-2H3. The Labute approximate surface area is 67.8 Å². The third kappa shape index (κ3) is 4.11. The van der Waals surface area contributed by atoms with Crippen LogP contribution in [0.15, 0.2) is 0 Å². The highest BCUT2D eigenvalue weighted by Crippen LogP contribution is 2.05. The van der Waals surface area contributed by atoms with Gasteiger partial charge in [0.15, 0.2) is 0 Å². The second-order valence-electron chi connectivity index (χ2n) is 2.75. The van der Waals surface area contributed by atoms with Gasteiger partial charge in [0.05, 0.1) is 13.2 Å². The Morgan fingerprint density at radius 1 is 1.64 bits per heavy atom. The first-order valence-corrected chi connectivity index (χ1v) is 4.04. The summed E-state index contributed by atoms with van der Waals surface area (Å²) in [7, 11) is 0. The summed E-state index contributed by atoms with van der Waals surface area (Å²) in [6.45, 7) is 4.55. The Hall–Kier alpha value is -0.410. The van der Waals surface area contributed by atoms with Crippen LogP contribution < -0.4 is 5.32 Å². The number of aliphatic hydroxyl groups excluding tert-OH is 1. The molecule has 0 bridgehead atoms. The Morgan fingerprint density at radius 2 is 2.27 bits per heavy atom. The fourth-order valence-electron chi connectivity index (χ4n) is 0.930. The Bertz CT molecular complexity index is 106. The van der Waals surface area contributed by atoms with Crippen LogP contribution in [-0.2, 0) is 4.79 Å². The molecule has 0 fully saturated rings. The van der Waals surface area contributed by atoms with Crippen LogP contribution in [0.5, 0.6) is 0 Å². The number of carbonyl (C=O) groups is 1. The van der Waals surface area contributed by atoms with Gasteiger partial charge in [-0.15, -0.1) is 0 Å². The number of rotatable bonds is 6. The minimum Gasteiger partial charge on any atom is -0.395 e. The van der Waals surface area contributed by atoms with Gasteiger partial charge in [-0.05, 0) is 5.92 Å². The van der Waals surface area contributed by atoms with Gasteiger partial charge in [-0.25, -0.2) is 0 Å². The molecular formula is C8H17NO2. The van der Waals surface area contributed by atoms with Gasteiger partial charge in [0.2, 0.25) is 0 Å². The van der Waals surface area contributed by atoms with E-state index in [0.717, 1.165) is 12.7 Å². The molecule has 0 spiro atoms. The molecule has 0 aliphatic carbocycles. The van der Waals surface area contributed by atoms with Crippen molar-refractivity contribution in [2.45, 2.75) is 26.3 Å². The van der Waals surface area contributed by atoms with E-state index in [2.05, 4.69) is 19.2 Å². The topological polar surface area (TPSA) is 49.3 Å². The molecule has 3 heteroatoms. The third-order valence-corrected chi connectivity index (χ3v) is 1.99. The van der Waals surface area contributed by atoms with Gasteiger partial charge < -0.3 is 15.2 Å². The Kier molecular flexibility index (Phi) is 6.07. The van der Waals surface area contributed by atoms with E-state index in [0.29, 0.717) is 12.5 Å². The van der Waals surface area contributed by atoms with Gasteiger partial charge in [0.1, 0.15) is 6.29 Å².